The summed E-state index contributed by atoms with van der Waals surface area (Å²) in [4.78, 5) is 16.8. The first-order valence-corrected chi connectivity index (χ1v) is 10.1. The van der Waals surface area contributed by atoms with E-state index in [0.717, 1.165) is 26.8 Å². The molecule has 0 radical (unpaired) electrons. The summed E-state index contributed by atoms with van der Waals surface area (Å²) in [5.74, 6) is 0.233. The Morgan fingerprint density at radius 3 is 2.62 bits per heavy atom. The second-order valence-electron chi connectivity index (χ2n) is 5.98. The number of hydrogen-bond donors (Lipinski definition) is 1. The molecule has 0 unspecified atom stereocenters. The SMILES string of the molecule is Cc1cccc(C)c1NC(=O)Cc1csc(SCc2ccccc2F)n1. The molecule has 1 N–H and O–H groups in total. The molecule has 0 saturated heterocycles. The van der Waals surface area contributed by atoms with Crippen LogP contribution in [0.4, 0.5) is 10.1 Å². The number of nitrogens with one attached hydrogen (secondary N) is 1. The van der Waals surface area contributed by atoms with Crippen LogP contribution in [0.5, 0.6) is 0 Å². The van der Waals surface area contributed by atoms with Gasteiger partial charge in [-0.15, -0.1) is 11.3 Å². The Morgan fingerprint density at radius 2 is 1.88 bits per heavy atom. The molecule has 0 atom stereocenters. The molecule has 0 bridgehead atoms. The third-order valence-corrected chi connectivity index (χ3v) is 6.05. The van der Waals surface area contributed by atoms with E-state index >= 15 is 0 Å². The molecule has 0 fully saturated rings. The van der Waals surface area contributed by atoms with Crippen molar-refractivity contribution in [3.63, 3.8) is 0 Å². The molecule has 6 heteroatoms. The van der Waals surface area contributed by atoms with Crippen molar-refractivity contribution in [3.05, 3.63) is 76.0 Å². The van der Waals surface area contributed by atoms with E-state index in [0.29, 0.717) is 11.3 Å². The Kier molecular flexibility index (Phi) is 6.06. The number of hydrogen-bond acceptors (Lipinski definition) is 4. The van der Waals surface area contributed by atoms with Gasteiger partial charge in [-0.3, -0.25) is 4.79 Å². The number of carbonyl (C=O) groups excluding carboxylic acids is 1. The minimum absolute atomic E-state index is 0.0849. The summed E-state index contributed by atoms with van der Waals surface area (Å²) in [5.41, 5.74) is 4.33. The highest BCUT2D eigenvalue weighted by Crippen LogP contribution is 2.27. The normalized spacial score (nSPS) is 10.7. The number of aryl methyl sites for hydroxylation is 2. The van der Waals surface area contributed by atoms with Crippen LogP contribution in [0.3, 0.4) is 0 Å². The largest absolute Gasteiger partial charge is 0.325 e. The van der Waals surface area contributed by atoms with E-state index in [2.05, 4.69) is 10.3 Å². The highest BCUT2D eigenvalue weighted by molar-refractivity contribution is 8.00. The number of thioether (sulfide) groups is 1. The maximum absolute atomic E-state index is 13.7. The predicted octanol–water partition coefficient (Wildman–Crippen LogP) is 5.37. The highest BCUT2D eigenvalue weighted by atomic mass is 32.2. The summed E-state index contributed by atoms with van der Waals surface area (Å²) < 4.78 is 14.5. The fourth-order valence-electron chi connectivity index (χ4n) is 2.55. The Morgan fingerprint density at radius 1 is 1.15 bits per heavy atom. The molecular formula is C20H19FN2OS2. The van der Waals surface area contributed by atoms with Gasteiger partial charge in [0.05, 0.1) is 12.1 Å². The standard InChI is InChI=1S/C20H19FN2OS2/c1-13-6-5-7-14(2)19(13)23-18(24)10-16-12-26-20(22-16)25-11-15-8-3-4-9-17(15)21/h3-9,12H,10-11H2,1-2H3,(H,23,24). The van der Waals surface area contributed by atoms with E-state index in [-0.39, 0.29) is 18.1 Å². The molecule has 0 aliphatic heterocycles. The summed E-state index contributed by atoms with van der Waals surface area (Å²) in [6.07, 6.45) is 0.227. The molecule has 0 aliphatic rings. The molecule has 3 nitrogen and oxygen atoms in total. The van der Waals surface area contributed by atoms with E-state index in [1.54, 1.807) is 12.1 Å². The summed E-state index contributed by atoms with van der Waals surface area (Å²) in [6.45, 7) is 3.95. The lowest BCUT2D eigenvalue weighted by atomic mass is 10.1. The number of anilines is 1. The molecular weight excluding hydrogens is 367 g/mol. The zero-order chi connectivity index (χ0) is 18.5. The molecule has 0 spiro atoms. The molecule has 2 aromatic carbocycles. The van der Waals surface area contributed by atoms with E-state index in [4.69, 9.17) is 0 Å². The highest BCUT2D eigenvalue weighted by Gasteiger charge is 2.11. The van der Waals surface area contributed by atoms with Crippen molar-refractivity contribution in [1.82, 2.24) is 4.98 Å². The van der Waals surface area contributed by atoms with Crippen molar-refractivity contribution in [1.29, 1.82) is 0 Å². The van der Waals surface area contributed by atoms with Gasteiger partial charge in [0.25, 0.3) is 0 Å². The molecule has 0 aliphatic carbocycles. The summed E-state index contributed by atoms with van der Waals surface area (Å²) in [5, 5.41) is 4.85. The molecule has 3 rings (SSSR count). The van der Waals surface area contributed by atoms with Crippen LogP contribution in [-0.4, -0.2) is 10.9 Å². The van der Waals surface area contributed by atoms with Gasteiger partial charge in [0.15, 0.2) is 0 Å². The van der Waals surface area contributed by atoms with Crippen molar-refractivity contribution in [2.24, 2.45) is 0 Å². The Balaban J connectivity index is 1.58. The lowest BCUT2D eigenvalue weighted by Gasteiger charge is -2.10. The van der Waals surface area contributed by atoms with Gasteiger partial charge in [-0.25, -0.2) is 9.37 Å². The van der Waals surface area contributed by atoms with Crippen LogP contribution in [0, 0.1) is 19.7 Å². The number of amides is 1. The minimum Gasteiger partial charge on any atom is -0.325 e. The van der Waals surface area contributed by atoms with Gasteiger partial charge in [0.1, 0.15) is 10.2 Å². The second kappa shape index (κ2) is 8.47. The van der Waals surface area contributed by atoms with Crippen LogP contribution >= 0.6 is 23.1 Å². The number of para-hydroxylation sites is 1. The van der Waals surface area contributed by atoms with Crippen molar-refractivity contribution >= 4 is 34.7 Å². The number of rotatable bonds is 6. The maximum Gasteiger partial charge on any atom is 0.230 e. The van der Waals surface area contributed by atoms with E-state index in [1.807, 2.05) is 43.5 Å². The first-order chi connectivity index (χ1) is 12.5. The monoisotopic (exact) mass is 386 g/mol. The van der Waals surface area contributed by atoms with Crippen molar-refractivity contribution < 1.29 is 9.18 Å². The van der Waals surface area contributed by atoms with Gasteiger partial charge >= 0.3 is 0 Å². The third-order valence-electron chi connectivity index (χ3n) is 3.93. The van der Waals surface area contributed by atoms with E-state index in [9.17, 15) is 9.18 Å². The second-order valence-corrected chi connectivity index (χ2v) is 8.06. The van der Waals surface area contributed by atoms with E-state index < -0.39 is 0 Å². The minimum atomic E-state index is -0.204. The number of halogens is 1. The summed E-state index contributed by atoms with van der Waals surface area (Å²) in [7, 11) is 0. The lowest BCUT2D eigenvalue weighted by Crippen LogP contribution is -2.16. The Bertz CT molecular complexity index is 903. The number of aromatic nitrogens is 1. The Hall–Kier alpha value is -2.18. The van der Waals surface area contributed by atoms with Gasteiger partial charge < -0.3 is 5.32 Å². The van der Waals surface area contributed by atoms with Crippen molar-refractivity contribution in [3.8, 4) is 0 Å². The molecule has 1 aromatic heterocycles. The fraction of sp³-hybridized carbons (Fsp3) is 0.200. The number of nitrogens with zero attached hydrogens (tertiary/aromatic N) is 1. The number of carbonyl (C=O) groups is 1. The molecule has 26 heavy (non-hydrogen) atoms. The van der Waals surface area contributed by atoms with Crippen LogP contribution < -0.4 is 5.32 Å². The summed E-state index contributed by atoms with van der Waals surface area (Å²) >= 11 is 2.96. The molecule has 0 saturated carbocycles. The first-order valence-electron chi connectivity index (χ1n) is 8.19. The van der Waals surface area contributed by atoms with Crippen LogP contribution in [0.15, 0.2) is 52.2 Å². The van der Waals surface area contributed by atoms with Crippen molar-refractivity contribution in [2.75, 3.05) is 5.32 Å². The van der Waals surface area contributed by atoms with Gasteiger partial charge in [0.2, 0.25) is 5.91 Å². The first kappa shape index (κ1) is 18.6. The smallest absolute Gasteiger partial charge is 0.230 e. The predicted molar refractivity (Wildman–Crippen MR) is 106 cm³/mol. The Labute approximate surface area is 160 Å². The topological polar surface area (TPSA) is 42.0 Å². The number of benzene rings is 2. The van der Waals surface area contributed by atoms with Crippen LogP contribution in [0.2, 0.25) is 0 Å². The van der Waals surface area contributed by atoms with Crippen LogP contribution in [-0.2, 0) is 17.0 Å². The summed E-state index contributed by atoms with van der Waals surface area (Å²) in [6, 6.07) is 12.7. The lowest BCUT2D eigenvalue weighted by molar-refractivity contribution is -0.115. The van der Waals surface area contributed by atoms with Crippen molar-refractivity contribution in [2.45, 2.75) is 30.4 Å². The van der Waals surface area contributed by atoms with Crippen LogP contribution in [0.25, 0.3) is 0 Å². The maximum atomic E-state index is 13.7. The quantitative estimate of drug-likeness (QED) is 0.579. The van der Waals surface area contributed by atoms with Crippen LogP contribution in [0.1, 0.15) is 22.4 Å². The van der Waals surface area contributed by atoms with Gasteiger partial charge in [-0.2, -0.15) is 0 Å². The van der Waals surface area contributed by atoms with Gasteiger partial charge in [-0.05, 0) is 36.6 Å². The average molecular weight is 387 g/mol. The molecule has 3 aromatic rings. The average Bonchev–Trinajstić information content (AvgIpc) is 3.05. The fourth-order valence-corrected chi connectivity index (χ4v) is 4.38. The molecule has 1 amide bonds. The zero-order valence-corrected chi connectivity index (χ0v) is 16.2. The van der Waals surface area contributed by atoms with Gasteiger partial charge in [-0.1, -0.05) is 48.2 Å². The molecule has 1 heterocycles. The van der Waals surface area contributed by atoms with Gasteiger partial charge in [0, 0.05) is 16.8 Å². The zero-order valence-electron chi connectivity index (χ0n) is 14.6. The third kappa shape index (κ3) is 4.71. The van der Waals surface area contributed by atoms with E-state index in [1.165, 1.54) is 29.2 Å². The number of thiazole rings is 1. The molecule has 134 valence electrons.